The van der Waals surface area contributed by atoms with Crippen molar-refractivity contribution in [1.82, 2.24) is 4.90 Å². The van der Waals surface area contributed by atoms with Gasteiger partial charge in [0.15, 0.2) is 0 Å². The van der Waals surface area contributed by atoms with Crippen LogP contribution in [0.4, 0.5) is 10.5 Å². The van der Waals surface area contributed by atoms with E-state index >= 15 is 0 Å². The molecule has 2 N–H and O–H groups in total. The second-order valence-electron chi connectivity index (χ2n) is 5.05. The first-order chi connectivity index (χ1) is 9.85. The molecule has 0 saturated carbocycles. The van der Waals surface area contributed by atoms with Crippen LogP contribution in [0.25, 0.3) is 0 Å². The highest BCUT2D eigenvalue weighted by molar-refractivity contribution is 5.89. The van der Waals surface area contributed by atoms with E-state index in [2.05, 4.69) is 5.32 Å². The number of hydrogen-bond donors (Lipinski definition) is 2. The zero-order chi connectivity index (χ0) is 16.0. The SMILES string of the molecule is COC(C)c1cccc(NC(=O)N(C)CC(C)C(=O)O)c1. The number of aliphatic carboxylic acids is 1. The molecule has 0 aliphatic heterocycles. The Bertz CT molecular complexity index is 504. The number of nitrogens with one attached hydrogen (secondary N) is 1. The fourth-order valence-electron chi connectivity index (χ4n) is 1.80. The average molecular weight is 294 g/mol. The Morgan fingerprint density at radius 2 is 2.05 bits per heavy atom. The first-order valence-corrected chi connectivity index (χ1v) is 6.72. The Morgan fingerprint density at radius 3 is 2.62 bits per heavy atom. The molecule has 0 bridgehead atoms. The topological polar surface area (TPSA) is 78.9 Å². The second kappa shape index (κ2) is 7.64. The molecule has 2 atom stereocenters. The highest BCUT2D eigenvalue weighted by Crippen LogP contribution is 2.19. The summed E-state index contributed by atoms with van der Waals surface area (Å²) < 4.78 is 5.23. The van der Waals surface area contributed by atoms with Crippen molar-refractivity contribution in [3.63, 3.8) is 0 Å². The fraction of sp³-hybridized carbons (Fsp3) is 0.467. The lowest BCUT2D eigenvalue weighted by atomic mass is 10.1. The Hall–Kier alpha value is -2.08. The number of rotatable bonds is 6. The van der Waals surface area contributed by atoms with Crippen LogP contribution in [0.1, 0.15) is 25.5 Å². The summed E-state index contributed by atoms with van der Waals surface area (Å²) in [5.41, 5.74) is 1.60. The van der Waals surface area contributed by atoms with Gasteiger partial charge in [0.2, 0.25) is 0 Å². The molecule has 6 nitrogen and oxygen atoms in total. The second-order valence-corrected chi connectivity index (χ2v) is 5.05. The van der Waals surface area contributed by atoms with Crippen molar-refractivity contribution in [3.05, 3.63) is 29.8 Å². The van der Waals surface area contributed by atoms with E-state index in [1.165, 1.54) is 4.90 Å². The number of anilines is 1. The molecule has 1 aromatic carbocycles. The van der Waals surface area contributed by atoms with Gasteiger partial charge in [-0.2, -0.15) is 0 Å². The van der Waals surface area contributed by atoms with Crippen molar-refractivity contribution < 1.29 is 19.4 Å². The number of carbonyl (C=O) groups is 2. The number of ether oxygens (including phenoxy) is 1. The number of carbonyl (C=O) groups excluding carboxylic acids is 1. The standard InChI is InChI=1S/C15H22N2O4/c1-10(14(18)19)9-17(3)15(20)16-13-7-5-6-12(8-13)11(2)21-4/h5-8,10-11H,9H2,1-4H3,(H,16,20)(H,18,19). The summed E-state index contributed by atoms with van der Waals surface area (Å²) >= 11 is 0. The molecule has 0 radical (unpaired) electrons. The number of carboxylic acids is 1. The van der Waals surface area contributed by atoms with E-state index < -0.39 is 11.9 Å². The van der Waals surface area contributed by atoms with E-state index in [1.807, 2.05) is 25.1 Å². The maximum Gasteiger partial charge on any atom is 0.321 e. The van der Waals surface area contributed by atoms with Crippen LogP contribution in [0.2, 0.25) is 0 Å². The third-order valence-corrected chi connectivity index (χ3v) is 3.28. The molecule has 0 aliphatic carbocycles. The molecule has 2 amide bonds. The van der Waals surface area contributed by atoms with Gasteiger partial charge in [0.1, 0.15) is 0 Å². The van der Waals surface area contributed by atoms with Gasteiger partial charge in [-0.05, 0) is 24.6 Å². The van der Waals surface area contributed by atoms with Crippen molar-refractivity contribution >= 4 is 17.7 Å². The number of methoxy groups -OCH3 is 1. The molecule has 1 aromatic rings. The lowest BCUT2D eigenvalue weighted by Gasteiger charge is -2.20. The Balaban J connectivity index is 2.68. The van der Waals surface area contributed by atoms with Crippen LogP contribution in [0.5, 0.6) is 0 Å². The minimum absolute atomic E-state index is 0.0633. The minimum atomic E-state index is -0.925. The molecule has 1 rings (SSSR count). The van der Waals surface area contributed by atoms with Gasteiger partial charge in [-0.15, -0.1) is 0 Å². The minimum Gasteiger partial charge on any atom is -0.481 e. The first-order valence-electron chi connectivity index (χ1n) is 6.72. The van der Waals surface area contributed by atoms with Crippen molar-refractivity contribution in [3.8, 4) is 0 Å². The van der Waals surface area contributed by atoms with Crippen LogP contribution in [0.15, 0.2) is 24.3 Å². The van der Waals surface area contributed by atoms with E-state index in [9.17, 15) is 9.59 Å². The zero-order valence-corrected chi connectivity index (χ0v) is 12.8. The molecule has 0 heterocycles. The number of benzene rings is 1. The van der Waals surface area contributed by atoms with Gasteiger partial charge in [0.25, 0.3) is 0 Å². The van der Waals surface area contributed by atoms with E-state index in [0.29, 0.717) is 5.69 Å². The smallest absolute Gasteiger partial charge is 0.321 e. The van der Waals surface area contributed by atoms with Gasteiger partial charge in [-0.25, -0.2) is 4.79 Å². The maximum absolute atomic E-state index is 12.0. The lowest BCUT2D eigenvalue weighted by Crippen LogP contribution is -2.36. The number of urea groups is 1. The highest BCUT2D eigenvalue weighted by atomic mass is 16.5. The summed E-state index contributed by atoms with van der Waals surface area (Å²) in [6, 6.07) is 7.02. The van der Waals surface area contributed by atoms with Crippen LogP contribution in [0.3, 0.4) is 0 Å². The first kappa shape index (κ1) is 17.0. The highest BCUT2D eigenvalue weighted by Gasteiger charge is 2.17. The zero-order valence-electron chi connectivity index (χ0n) is 12.8. The number of amides is 2. The summed E-state index contributed by atoms with van der Waals surface area (Å²) in [4.78, 5) is 24.2. The Labute approximate surface area is 124 Å². The van der Waals surface area contributed by atoms with Crippen molar-refractivity contribution in [1.29, 1.82) is 0 Å². The Kier molecular flexibility index (Phi) is 6.17. The number of carboxylic acid groups (broad SMARTS) is 1. The normalized spacial score (nSPS) is 13.3. The van der Waals surface area contributed by atoms with Gasteiger partial charge in [0, 0.05) is 26.4 Å². The van der Waals surface area contributed by atoms with E-state index in [-0.39, 0.29) is 18.7 Å². The lowest BCUT2D eigenvalue weighted by molar-refractivity contribution is -0.141. The molecule has 0 aliphatic rings. The molecule has 0 saturated heterocycles. The molecule has 6 heteroatoms. The molecule has 0 fully saturated rings. The van der Waals surface area contributed by atoms with Gasteiger partial charge in [0.05, 0.1) is 12.0 Å². The van der Waals surface area contributed by atoms with Crippen LogP contribution in [0, 0.1) is 5.92 Å². The summed E-state index contributed by atoms with van der Waals surface area (Å²) in [6.45, 7) is 3.63. The number of nitrogens with zero attached hydrogens (tertiary/aromatic N) is 1. The van der Waals surface area contributed by atoms with Crippen molar-refractivity contribution in [2.45, 2.75) is 20.0 Å². The molecule has 0 spiro atoms. The molecule has 0 aromatic heterocycles. The van der Waals surface area contributed by atoms with E-state index in [0.717, 1.165) is 5.56 Å². The summed E-state index contributed by atoms with van der Waals surface area (Å²) in [7, 11) is 3.19. The van der Waals surface area contributed by atoms with Gasteiger partial charge < -0.3 is 20.1 Å². The largest absolute Gasteiger partial charge is 0.481 e. The average Bonchev–Trinajstić information content (AvgIpc) is 2.46. The quantitative estimate of drug-likeness (QED) is 0.845. The van der Waals surface area contributed by atoms with Crippen molar-refractivity contribution in [2.24, 2.45) is 5.92 Å². The fourth-order valence-corrected chi connectivity index (χ4v) is 1.80. The van der Waals surface area contributed by atoms with Crippen LogP contribution < -0.4 is 5.32 Å². The van der Waals surface area contributed by atoms with Gasteiger partial charge >= 0.3 is 12.0 Å². The van der Waals surface area contributed by atoms with Crippen LogP contribution in [-0.2, 0) is 9.53 Å². The molecule has 21 heavy (non-hydrogen) atoms. The maximum atomic E-state index is 12.0. The van der Waals surface area contributed by atoms with E-state index in [1.54, 1.807) is 27.1 Å². The molecular formula is C15H22N2O4. The predicted octanol–water partition coefficient (Wildman–Crippen LogP) is 2.58. The van der Waals surface area contributed by atoms with Gasteiger partial charge in [-0.1, -0.05) is 19.1 Å². The molecule has 2 unspecified atom stereocenters. The summed E-state index contributed by atoms with van der Waals surface area (Å²) in [6.07, 6.45) is -0.0633. The third-order valence-electron chi connectivity index (χ3n) is 3.28. The van der Waals surface area contributed by atoms with Gasteiger partial charge in [-0.3, -0.25) is 4.79 Å². The summed E-state index contributed by atoms with van der Waals surface area (Å²) in [5, 5.41) is 11.6. The molecule has 116 valence electrons. The van der Waals surface area contributed by atoms with Crippen LogP contribution in [-0.4, -0.2) is 42.7 Å². The monoisotopic (exact) mass is 294 g/mol. The van der Waals surface area contributed by atoms with Crippen molar-refractivity contribution in [2.75, 3.05) is 26.0 Å². The van der Waals surface area contributed by atoms with Crippen LogP contribution >= 0.6 is 0 Å². The summed E-state index contributed by atoms with van der Waals surface area (Å²) in [5.74, 6) is -1.54. The predicted molar refractivity (Wildman–Crippen MR) is 80.3 cm³/mol. The molecular weight excluding hydrogens is 272 g/mol. The van der Waals surface area contributed by atoms with E-state index in [4.69, 9.17) is 9.84 Å². The third kappa shape index (κ3) is 5.07. The number of hydrogen-bond acceptors (Lipinski definition) is 3. The Morgan fingerprint density at radius 1 is 1.38 bits per heavy atom.